The smallest absolute Gasteiger partial charge is 0.417 e. The summed E-state index contributed by atoms with van der Waals surface area (Å²) in [6.45, 7) is 0.0170. The van der Waals surface area contributed by atoms with E-state index >= 15 is 0 Å². The van der Waals surface area contributed by atoms with Gasteiger partial charge in [-0.1, -0.05) is 18.2 Å². The topological polar surface area (TPSA) is 113 Å². The predicted octanol–water partition coefficient (Wildman–Crippen LogP) is 1.43. The summed E-state index contributed by atoms with van der Waals surface area (Å²) in [6, 6.07) is 10.3. The summed E-state index contributed by atoms with van der Waals surface area (Å²) in [5.41, 5.74) is 0.303. The van der Waals surface area contributed by atoms with Crippen LogP contribution < -0.4 is 4.72 Å². The van der Waals surface area contributed by atoms with Gasteiger partial charge >= 0.3 is 6.09 Å². The molecule has 4 rings (SSSR count). The van der Waals surface area contributed by atoms with Crippen LogP contribution in [0, 0.1) is 5.82 Å². The number of carbonyl (C=O) groups is 3. The Bertz CT molecular complexity index is 1130. The highest BCUT2D eigenvalue weighted by Crippen LogP contribution is 2.24. The molecule has 156 valence electrons. The van der Waals surface area contributed by atoms with Gasteiger partial charge in [0.2, 0.25) is 0 Å². The van der Waals surface area contributed by atoms with Crippen LogP contribution in [-0.4, -0.2) is 61.9 Å². The molecule has 2 fully saturated rings. The number of nitrogens with zero attached hydrogens (tertiary/aromatic N) is 2. The van der Waals surface area contributed by atoms with Gasteiger partial charge in [0.1, 0.15) is 10.7 Å². The molecular formula is C19H16FN3O6S. The number of rotatable bonds is 5. The Morgan fingerprint density at radius 1 is 1.10 bits per heavy atom. The van der Waals surface area contributed by atoms with Crippen molar-refractivity contribution in [1.29, 1.82) is 0 Å². The monoisotopic (exact) mass is 433 g/mol. The summed E-state index contributed by atoms with van der Waals surface area (Å²) in [7, 11) is -4.18. The largest absolute Gasteiger partial charge is 0.439 e. The first-order chi connectivity index (χ1) is 14.3. The second-order valence-corrected chi connectivity index (χ2v) is 8.45. The lowest BCUT2D eigenvalue weighted by molar-refractivity contribution is -0.129. The molecule has 0 aromatic heterocycles. The van der Waals surface area contributed by atoms with Gasteiger partial charge in [-0.3, -0.25) is 14.3 Å². The summed E-state index contributed by atoms with van der Waals surface area (Å²) >= 11 is 0. The molecule has 0 unspecified atom stereocenters. The number of imide groups is 1. The standard InChI is InChI=1S/C19H16FN3O6S/c20-15-6-1-2-7-16(15)30(27,28)21-13-5-3-4-12(8-13)18(25)22-9-14(10-22)23-17(24)11-29-19(23)26/h1-8,14,21H,9-11H2. The first-order valence-electron chi connectivity index (χ1n) is 8.92. The van der Waals surface area contributed by atoms with E-state index in [1.54, 1.807) is 0 Å². The van der Waals surface area contributed by atoms with E-state index in [4.69, 9.17) is 0 Å². The number of likely N-dealkylation sites (tertiary alicyclic amines) is 1. The zero-order valence-corrected chi connectivity index (χ0v) is 16.3. The van der Waals surface area contributed by atoms with Crippen molar-refractivity contribution in [2.24, 2.45) is 0 Å². The molecule has 11 heteroatoms. The zero-order chi connectivity index (χ0) is 21.5. The minimum absolute atomic E-state index is 0.0967. The number of amides is 3. The van der Waals surface area contributed by atoms with Crippen LogP contribution in [0.4, 0.5) is 14.9 Å². The second-order valence-electron chi connectivity index (χ2n) is 6.80. The van der Waals surface area contributed by atoms with Crippen molar-refractivity contribution in [1.82, 2.24) is 9.80 Å². The molecule has 0 atom stereocenters. The van der Waals surface area contributed by atoms with E-state index in [9.17, 15) is 27.2 Å². The molecule has 0 radical (unpaired) electrons. The van der Waals surface area contributed by atoms with Crippen LogP contribution in [0.2, 0.25) is 0 Å². The number of cyclic esters (lactones) is 1. The van der Waals surface area contributed by atoms with Crippen molar-refractivity contribution < 1.29 is 31.9 Å². The lowest BCUT2D eigenvalue weighted by Crippen LogP contribution is -2.62. The van der Waals surface area contributed by atoms with Crippen LogP contribution in [0.25, 0.3) is 0 Å². The van der Waals surface area contributed by atoms with Gasteiger partial charge in [0.05, 0.1) is 6.04 Å². The first-order valence-corrected chi connectivity index (χ1v) is 10.4. The van der Waals surface area contributed by atoms with Gasteiger partial charge in [0.15, 0.2) is 6.61 Å². The third-order valence-corrected chi connectivity index (χ3v) is 6.20. The summed E-state index contributed by atoms with van der Waals surface area (Å²) in [5, 5.41) is 0. The predicted molar refractivity (Wildman–Crippen MR) is 102 cm³/mol. The van der Waals surface area contributed by atoms with Crippen molar-refractivity contribution in [3.8, 4) is 0 Å². The third kappa shape index (κ3) is 3.59. The average Bonchev–Trinajstić information content (AvgIpc) is 2.99. The Balaban J connectivity index is 1.45. The van der Waals surface area contributed by atoms with Gasteiger partial charge in [-0.05, 0) is 30.3 Å². The van der Waals surface area contributed by atoms with Crippen LogP contribution >= 0.6 is 0 Å². The number of sulfonamides is 1. The van der Waals surface area contributed by atoms with E-state index in [2.05, 4.69) is 9.46 Å². The molecule has 2 aromatic carbocycles. The Hall–Kier alpha value is -3.47. The number of carbonyl (C=O) groups excluding carboxylic acids is 3. The number of anilines is 1. The van der Waals surface area contributed by atoms with Crippen LogP contribution in [-0.2, 0) is 19.6 Å². The Labute approximate surface area is 171 Å². The van der Waals surface area contributed by atoms with Crippen molar-refractivity contribution in [2.75, 3.05) is 24.4 Å². The molecular weight excluding hydrogens is 417 g/mol. The number of nitrogens with one attached hydrogen (secondary N) is 1. The maximum Gasteiger partial charge on any atom is 0.417 e. The summed E-state index contributed by atoms with van der Waals surface area (Å²) in [6.07, 6.45) is -0.721. The number of ether oxygens (including phenoxy) is 1. The highest BCUT2D eigenvalue weighted by Gasteiger charge is 2.44. The maximum absolute atomic E-state index is 13.8. The van der Waals surface area contributed by atoms with Crippen molar-refractivity contribution in [3.63, 3.8) is 0 Å². The van der Waals surface area contributed by atoms with Gasteiger partial charge in [0.25, 0.3) is 21.8 Å². The van der Waals surface area contributed by atoms with Crippen molar-refractivity contribution >= 4 is 33.6 Å². The lowest BCUT2D eigenvalue weighted by atomic mass is 10.0. The maximum atomic E-state index is 13.8. The lowest BCUT2D eigenvalue weighted by Gasteiger charge is -2.42. The molecule has 2 heterocycles. The van der Waals surface area contributed by atoms with Crippen LogP contribution in [0.3, 0.4) is 0 Å². The van der Waals surface area contributed by atoms with E-state index < -0.39 is 44.7 Å². The molecule has 1 N–H and O–H groups in total. The number of halogens is 1. The van der Waals surface area contributed by atoms with Gasteiger partial charge in [-0.15, -0.1) is 0 Å². The van der Waals surface area contributed by atoms with Gasteiger partial charge < -0.3 is 9.64 Å². The molecule has 0 aliphatic carbocycles. The van der Waals surface area contributed by atoms with E-state index in [1.165, 1.54) is 41.3 Å². The highest BCUT2D eigenvalue weighted by atomic mass is 32.2. The first kappa shape index (κ1) is 19.8. The number of hydrogen-bond donors (Lipinski definition) is 1. The van der Waals surface area contributed by atoms with Gasteiger partial charge in [-0.2, -0.15) is 0 Å². The van der Waals surface area contributed by atoms with Gasteiger partial charge in [0, 0.05) is 24.3 Å². The molecule has 2 saturated heterocycles. The zero-order valence-electron chi connectivity index (χ0n) is 15.4. The second kappa shape index (κ2) is 7.41. The Morgan fingerprint density at radius 2 is 1.83 bits per heavy atom. The molecule has 2 aliphatic rings. The van der Waals surface area contributed by atoms with Crippen LogP contribution in [0.1, 0.15) is 10.4 Å². The number of hydrogen-bond acceptors (Lipinski definition) is 6. The summed E-state index contributed by atoms with van der Waals surface area (Å²) in [5.74, 6) is -1.72. The molecule has 2 aliphatic heterocycles. The molecule has 0 saturated carbocycles. The van der Waals surface area contributed by atoms with Crippen LogP contribution in [0.15, 0.2) is 53.4 Å². The van der Waals surface area contributed by atoms with Gasteiger partial charge in [-0.25, -0.2) is 22.5 Å². The molecule has 30 heavy (non-hydrogen) atoms. The fraction of sp³-hybridized carbons (Fsp3) is 0.211. The van der Waals surface area contributed by atoms with E-state index in [0.29, 0.717) is 0 Å². The highest BCUT2D eigenvalue weighted by molar-refractivity contribution is 7.92. The van der Waals surface area contributed by atoms with E-state index in [1.807, 2.05) is 0 Å². The van der Waals surface area contributed by atoms with E-state index in [0.717, 1.165) is 17.0 Å². The molecule has 0 bridgehead atoms. The van der Waals surface area contributed by atoms with Crippen LogP contribution in [0.5, 0.6) is 0 Å². The van der Waals surface area contributed by atoms with E-state index in [-0.39, 0.29) is 30.9 Å². The SMILES string of the molecule is O=C(c1cccc(NS(=O)(=O)c2ccccc2F)c1)N1CC(N2C(=O)COC2=O)C1. The molecule has 3 amide bonds. The quantitative estimate of drug-likeness (QED) is 0.763. The molecule has 9 nitrogen and oxygen atoms in total. The van der Waals surface area contributed by atoms with Crippen molar-refractivity contribution in [3.05, 3.63) is 59.9 Å². The minimum atomic E-state index is -4.18. The Morgan fingerprint density at radius 3 is 2.50 bits per heavy atom. The molecule has 2 aromatic rings. The average molecular weight is 433 g/mol. The summed E-state index contributed by atoms with van der Waals surface area (Å²) in [4.78, 5) is 37.8. The Kier molecular flexibility index (Phi) is 4.90. The van der Waals surface area contributed by atoms with Crippen molar-refractivity contribution in [2.45, 2.75) is 10.9 Å². The normalized spacial score (nSPS) is 17.0. The molecule has 0 spiro atoms. The fourth-order valence-electron chi connectivity index (χ4n) is 3.27. The third-order valence-electron chi connectivity index (χ3n) is 4.79. The minimum Gasteiger partial charge on any atom is -0.439 e. The summed E-state index contributed by atoms with van der Waals surface area (Å²) < 4.78 is 45.6. The number of benzene rings is 2. The fourth-order valence-corrected chi connectivity index (χ4v) is 4.40.